The lowest BCUT2D eigenvalue weighted by molar-refractivity contribution is 0.593. The summed E-state index contributed by atoms with van der Waals surface area (Å²) in [6, 6.07) is 18.8. The van der Waals surface area contributed by atoms with Crippen LogP contribution in [0.15, 0.2) is 71.8 Å². The van der Waals surface area contributed by atoms with E-state index in [-0.39, 0.29) is 4.90 Å². The summed E-state index contributed by atoms with van der Waals surface area (Å²) in [7, 11) is -2.09. The Bertz CT molecular complexity index is 919. The normalized spacial score (nSPS) is 11.4. The van der Waals surface area contributed by atoms with E-state index in [2.05, 4.69) is 5.10 Å². The molecule has 0 aliphatic carbocycles. The highest BCUT2D eigenvalue weighted by Gasteiger charge is 2.25. The molecular weight excluding hydrogens is 322 g/mol. The maximum Gasteiger partial charge on any atom is 0.267 e. The molecule has 24 heavy (non-hydrogen) atoms. The van der Waals surface area contributed by atoms with Gasteiger partial charge in [0.25, 0.3) is 10.0 Å². The second-order valence-electron chi connectivity index (χ2n) is 5.57. The van der Waals surface area contributed by atoms with E-state index in [1.807, 2.05) is 48.5 Å². The molecule has 5 nitrogen and oxygen atoms in total. The highest BCUT2D eigenvalue weighted by molar-refractivity contribution is 7.92. The Kier molecular flexibility index (Phi) is 4.40. The number of aromatic nitrogens is 2. The number of nitrogens with zero attached hydrogens (tertiary/aromatic N) is 3. The summed E-state index contributed by atoms with van der Waals surface area (Å²) in [6.07, 6.45) is 1.59. The minimum atomic E-state index is -3.64. The Balaban J connectivity index is 1.91. The number of benzene rings is 2. The van der Waals surface area contributed by atoms with Gasteiger partial charge in [0.2, 0.25) is 0 Å². The number of aryl methyl sites for hydroxylation is 1. The Labute approximate surface area is 142 Å². The highest BCUT2D eigenvalue weighted by Crippen LogP contribution is 2.23. The lowest BCUT2D eigenvalue weighted by Crippen LogP contribution is -2.26. The number of hydrogen-bond donors (Lipinski definition) is 0. The first kappa shape index (κ1) is 16.3. The third kappa shape index (κ3) is 3.19. The van der Waals surface area contributed by atoms with Gasteiger partial charge in [-0.3, -0.25) is 8.99 Å². The van der Waals surface area contributed by atoms with Gasteiger partial charge in [0.05, 0.1) is 17.9 Å². The molecule has 0 aliphatic heterocycles. The zero-order valence-corrected chi connectivity index (χ0v) is 14.4. The van der Waals surface area contributed by atoms with Crippen molar-refractivity contribution in [3.8, 4) is 0 Å². The van der Waals surface area contributed by atoms with Gasteiger partial charge in [-0.2, -0.15) is 5.10 Å². The molecule has 0 spiro atoms. The molecule has 0 bridgehead atoms. The molecule has 1 aromatic heterocycles. The fraction of sp³-hybridized carbons (Fsp3) is 0.167. The molecule has 0 amide bonds. The van der Waals surface area contributed by atoms with Crippen LogP contribution in [0.4, 0.5) is 5.69 Å². The fourth-order valence-electron chi connectivity index (χ4n) is 2.53. The van der Waals surface area contributed by atoms with Gasteiger partial charge in [-0.1, -0.05) is 48.5 Å². The number of anilines is 1. The first-order valence-electron chi connectivity index (χ1n) is 7.60. The van der Waals surface area contributed by atoms with Gasteiger partial charge in [0.1, 0.15) is 4.90 Å². The van der Waals surface area contributed by atoms with Gasteiger partial charge in [-0.25, -0.2) is 8.42 Å². The Morgan fingerprint density at radius 2 is 1.58 bits per heavy atom. The average molecular weight is 341 g/mol. The molecule has 3 aromatic rings. The molecule has 0 aliphatic rings. The number of para-hydroxylation sites is 1. The van der Waals surface area contributed by atoms with E-state index < -0.39 is 10.0 Å². The van der Waals surface area contributed by atoms with Crippen LogP contribution in [0, 0.1) is 6.92 Å². The predicted molar refractivity (Wildman–Crippen MR) is 94.5 cm³/mol. The van der Waals surface area contributed by atoms with Crippen LogP contribution >= 0.6 is 0 Å². The number of rotatable bonds is 5. The molecule has 0 unspecified atom stereocenters. The van der Waals surface area contributed by atoms with Gasteiger partial charge in [-0.05, 0) is 24.6 Å². The molecule has 2 aromatic carbocycles. The van der Waals surface area contributed by atoms with Gasteiger partial charge < -0.3 is 0 Å². The average Bonchev–Trinajstić information content (AvgIpc) is 2.97. The molecule has 0 saturated carbocycles. The Morgan fingerprint density at radius 1 is 1.00 bits per heavy atom. The molecule has 3 rings (SSSR count). The standard InChI is InChI=1S/C18H19N3O2S/c1-15-18(14-21(19-15)13-16-9-5-3-6-10-16)24(22,23)20(2)17-11-7-4-8-12-17/h3-12,14H,13H2,1-2H3. The molecule has 0 radical (unpaired) electrons. The minimum Gasteiger partial charge on any atom is -0.269 e. The van der Waals surface area contributed by atoms with E-state index in [1.54, 1.807) is 37.0 Å². The molecule has 0 N–H and O–H groups in total. The summed E-state index contributed by atoms with van der Waals surface area (Å²) in [5.74, 6) is 0. The van der Waals surface area contributed by atoms with E-state index in [1.165, 1.54) is 4.31 Å². The first-order chi connectivity index (χ1) is 11.5. The van der Waals surface area contributed by atoms with Crippen molar-refractivity contribution in [2.45, 2.75) is 18.4 Å². The van der Waals surface area contributed by atoms with Gasteiger partial charge in [0.15, 0.2) is 0 Å². The summed E-state index contributed by atoms with van der Waals surface area (Å²) in [5.41, 5.74) is 2.18. The van der Waals surface area contributed by atoms with Crippen LogP contribution in [-0.4, -0.2) is 25.2 Å². The third-order valence-corrected chi connectivity index (χ3v) is 5.74. The van der Waals surface area contributed by atoms with Gasteiger partial charge in [-0.15, -0.1) is 0 Å². The quantitative estimate of drug-likeness (QED) is 0.717. The van der Waals surface area contributed by atoms with Crippen molar-refractivity contribution in [1.82, 2.24) is 9.78 Å². The summed E-state index contributed by atoms with van der Waals surface area (Å²) >= 11 is 0. The van der Waals surface area contributed by atoms with E-state index >= 15 is 0 Å². The van der Waals surface area contributed by atoms with Crippen LogP contribution in [0.3, 0.4) is 0 Å². The van der Waals surface area contributed by atoms with Crippen molar-refractivity contribution in [2.24, 2.45) is 0 Å². The van der Waals surface area contributed by atoms with Gasteiger partial charge >= 0.3 is 0 Å². The van der Waals surface area contributed by atoms with Crippen molar-refractivity contribution in [3.05, 3.63) is 78.1 Å². The summed E-state index contributed by atoms with van der Waals surface area (Å²) in [6.45, 7) is 2.25. The molecule has 0 fully saturated rings. The third-order valence-electron chi connectivity index (χ3n) is 3.85. The smallest absolute Gasteiger partial charge is 0.267 e. The molecule has 124 valence electrons. The summed E-state index contributed by atoms with van der Waals surface area (Å²) < 4.78 is 28.7. The van der Waals surface area contributed by atoms with E-state index in [9.17, 15) is 8.42 Å². The van der Waals surface area contributed by atoms with E-state index in [4.69, 9.17) is 0 Å². The topological polar surface area (TPSA) is 55.2 Å². The Hall–Kier alpha value is -2.60. The van der Waals surface area contributed by atoms with Crippen molar-refractivity contribution in [2.75, 3.05) is 11.4 Å². The number of hydrogen-bond acceptors (Lipinski definition) is 3. The second-order valence-corrected chi connectivity index (χ2v) is 7.51. The molecule has 0 saturated heterocycles. The molecule has 0 atom stereocenters. The van der Waals surface area contributed by atoms with E-state index in [0.29, 0.717) is 17.9 Å². The zero-order valence-electron chi connectivity index (χ0n) is 13.6. The maximum absolute atomic E-state index is 12.9. The van der Waals surface area contributed by atoms with Crippen LogP contribution in [0.25, 0.3) is 0 Å². The van der Waals surface area contributed by atoms with Crippen LogP contribution < -0.4 is 4.31 Å². The first-order valence-corrected chi connectivity index (χ1v) is 9.04. The van der Waals surface area contributed by atoms with E-state index in [0.717, 1.165) is 5.56 Å². The fourth-order valence-corrected chi connectivity index (χ4v) is 3.89. The number of sulfonamides is 1. The van der Waals surface area contributed by atoms with Crippen LogP contribution in [0.5, 0.6) is 0 Å². The lowest BCUT2D eigenvalue weighted by Gasteiger charge is -2.18. The van der Waals surface area contributed by atoms with Crippen molar-refractivity contribution < 1.29 is 8.42 Å². The lowest BCUT2D eigenvalue weighted by atomic mass is 10.2. The largest absolute Gasteiger partial charge is 0.269 e. The van der Waals surface area contributed by atoms with Crippen molar-refractivity contribution >= 4 is 15.7 Å². The molecular formula is C18H19N3O2S. The predicted octanol–water partition coefficient (Wildman–Crippen LogP) is 3.06. The SMILES string of the molecule is Cc1nn(Cc2ccccc2)cc1S(=O)(=O)N(C)c1ccccc1. The Morgan fingerprint density at radius 3 is 2.21 bits per heavy atom. The van der Waals surface area contributed by atoms with Crippen LogP contribution in [0.1, 0.15) is 11.3 Å². The summed E-state index contributed by atoms with van der Waals surface area (Å²) in [4.78, 5) is 0.227. The second kappa shape index (κ2) is 6.49. The molecule has 6 heteroatoms. The summed E-state index contributed by atoms with van der Waals surface area (Å²) in [5, 5.41) is 4.36. The van der Waals surface area contributed by atoms with Crippen molar-refractivity contribution in [1.29, 1.82) is 0 Å². The van der Waals surface area contributed by atoms with Crippen LogP contribution in [0.2, 0.25) is 0 Å². The van der Waals surface area contributed by atoms with Crippen LogP contribution in [-0.2, 0) is 16.6 Å². The zero-order chi connectivity index (χ0) is 17.2. The minimum absolute atomic E-state index is 0.227. The van der Waals surface area contributed by atoms with Crippen molar-refractivity contribution in [3.63, 3.8) is 0 Å². The monoisotopic (exact) mass is 341 g/mol. The molecule has 1 heterocycles. The maximum atomic E-state index is 12.9. The highest BCUT2D eigenvalue weighted by atomic mass is 32.2. The van der Waals surface area contributed by atoms with Gasteiger partial charge in [0, 0.05) is 13.2 Å².